The van der Waals surface area contributed by atoms with Crippen molar-refractivity contribution in [3.63, 3.8) is 0 Å². The molecule has 0 atom stereocenters. The second kappa shape index (κ2) is 5.17. The topological polar surface area (TPSA) is 17.8 Å². The molecule has 0 saturated carbocycles. The lowest BCUT2D eigenvalue weighted by atomic mass is 10.2. The predicted octanol–water partition coefficient (Wildman–Crippen LogP) is 4.41. The number of fused-ring (bicyclic) bond motifs is 1. The van der Waals surface area contributed by atoms with Crippen LogP contribution in [0.3, 0.4) is 0 Å². The molecule has 0 saturated heterocycles. The third kappa shape index (κ3) is 2.56. The zero-order valence-corrected chi connectivity index (χ0v) is 12.2. The summed E-state index contributed by atoms with van der Waals surface area (Å²) in [6, 6.07) is 8.77. The average molecular weight is 270 g/mol. The van der Waals surface area contributed by atoms with Gasteiger partial charge in [0.1, 0.15) is 0 Å². The van der Waals surface area contributed by atoms with Gasteiger partial charge in [0.15, 0.2) is 0 Å². The van der Waals surface area contributed by atoms with Gasteiger partial charge in [-0.3, -0.25) is 0 Å². The first-order valence-electron chi connectivity index (χ1n) is 6.75. The van der Waals surface area contributed by atoms with Gasteiger partial charge in [-0.1, -0.05) is 19.1 Å². The standard InChI is InChI=1S/C16H18N2S/c1-3-4-16-17-14(11-19-16)10-18-8-7-13-6-5-12(2)9-15(13)18/h5-9,11H,3-4,10H2,1-2H3. The molecule has 0 radical (unpaired) electrons. The average Bonchev–Trinajstić information content (AvgIpc) is 2.98. The fourth-order valence-electron chi connectivity index (χ4n) is 2.36. The minimum Gasteiger partial charge on any atom is -0.341 e. The molecule has 0 N–H and O–H groups in total. The zero-order valence-electron chi connectivity index (χ0n) is 11.4. The molecule has 0 aliphatic rings. The van der Waals surface area contributed by atoms with Crippen LogP contribution < -0.4 is 0 Å². The molecule has 2 nitrogen and oxygen atoms in total. The maximum atomic E-state index is 4.70. The zero-order chi connectivity index (χ0) is 13.2. The lowest BCUT2D eigenvalue weighted by molar-refractivity contribution is 0.801. The number of hydrogen-bond donors (Lipinski definition) is 0. The third-order valence-corrected chi connectivity index (χ3v) is 4.28. The van der Waals surface area contributed by atoms with E-state index in [0.717, 1.165) is 13.0 Å². The van der Waals surface area contributed by atoms with Crippen LogP contribution in [0, 0.1) is 6.92 Å². The van der Waals surface area contributed by atoms with Crippen molar-refractivity contribution in [2.75, 3.05) is 0 Å². The molecular formula is C16H18N2S. The lowest BCUT2D eigenvalue weighted by Gasteiger charge is -2.03. The minimum absolute atomic E-state index is 0.868. The Kier molecular flexibility index (Phi) is 3.38. The molecule has 19 heavy (non-hydrogen) atoms. The molecule has 0 aliphatic carbocycles. The summed E-state index contributed by atoms with van der Waals surface area (Å²) in [5.41, 5.74) is 3.77. The second-order valence-electron chi connectivity index (χ2n) is 4.99. The van der Waals surface area contributed by atoms with Crippen molar-refractivity contribution in [1.82, 2.24) is 9.55 Å². The van der Waals surface area contributed by atoms with Crippen molar-refractivity contribution in [1.29, 1.82) is 0 Å². The van der Waals surface area contributed by atoms with Crippen molar-refractivity contribution < 1.29 is 0 Å². The molecule has 0 bridgehead atoms. The van der Waals surface area contributed by atoms with Gasteiger partial charge in [-0.2, -0.15) is 0 Å². The highest BCUT2D eigenvalue weighted by atomic mass is 32.1. The predicted molar refractivity (Wildman–Crippen MR) is 81.9 cm³/mol. The number of benzene rings is 1. The van der Waals surface area contributed by atoms with Crippen LogP contribution >= 0.6 is 11.3 Å². The van der Waals surface area contributed by atoms with Gasteiger partial charge < -0.3 is 4.57 Å². The summed E-state index contributed by atoms with van der Waals surface area (Å²) in [5.74, 6) is 0. The maximum absolute atomic E-state index is 4.70. The molecule has 3 heteroatoms. The molecule has 3 rings (SSSR count). The van der Waals surface area contributed by atoms with Gasteiger partial charge in [0.25, 0.3) is 0 Å². The molecule has 0 amide bonds. The van der Waals surface area contributed by atoms with E-state index in [-0.39, 0.29) is 0 Å². The Morgan fingerprint density at radius 3 is 3.00 bits per heavy atom. The molecule has 3 aromatic rings. The smallest absolute Gasteiger partial charge is 0.0928 e. The van der Waals surface area contributed by atoms with E-state index in [4.69, 9.17) is 4.98 Å². The Labute approximate surface area is 117 Å². The van der Waals surface area contributed by atoms with Crippen LogP contribution in [0.25, 0.3) is 10.9 Å². The monoisotopic (exact) mass is 270 g/mol. The summed E-state index contributed by atoms with van der Waals surface area (Å²) >= 11 is 1.78. The van der Waals surface area contributed by atoms with E-state index in [2.05, 4.69) is 54.3 Å². The van der Waals surface area contributed by atoms with E-state index in [1.54, 1.807) is 11.3 Å². The van der Waals surface area contributed by atoms with Crippen LogP contribution in [-0.2, 0) is 13.0 Å². The Morgan fingerprint density at radius 1 is 1.26 bits per heavy atom. The van der Waals surface area contributed by atoms with Crippen LogP contribution in [0.4, 0.5) is 0 Å². The van der Waals surface area contributed by atoms with Gasteiger partial charge in [-0.15, -0.1) is 11.3 Å². The van der Waals surface area contributed by atoms with Crippen LogP contribution in [-0.4, -0.2) is 9.55 Å². The number of aryl methyl sites for hydroxylation is 2. The normalized spacial score (nSPS) is 11.3. The molecule has 0 fully saturated rings. The second-order valence-corrected chi connectivity index (χ2v) is 5.93. The molecule has 0 aliphatic heterocycles. The molecular weight excluding hydrogens is 252 g/mol. The van der Waals surface area contributed by atoms with E-state index in [9.17, 15) is 0 Å². The SMILES string of the molecule is CCCc1nc(Cn2ccc3ccc(C)cc32)cs1. The number of hydrogen-bond acceptors (Lipinski definition) is 2. The number of rotatable bonds is 4. The van der Waals surface area contributed by atoms with E-state index in [1.165, 1.54) is 33.6 Å². The van der Waals surface area contributed by atoms with Crippen LogP contribution in [0.1, 0.15) is 29.6 Å². The molecule has 98 valence electrons. The molecule has 1 aromatic carbocycles. The van der Waals surface area contributed by atoms with Crippen LogP contribution in [0.5, 0.6) is 0 Å². The number of thiazole rings is 1. The van der Waals surface area contributed by atoms with Crippen molar-refractivity contribution in [3.8, 4) is 0 Å². The first-order chi connectivity index (χ1) is 9.26. The van der Waals surface area contributed by atoms with Gasteiger partial charge in [0.05, 0.1) is 17.2 Å². The first kappa shape index (κ1) is 12.4. The highest BCUT2D eigenvalue weighted by Crippen LogP contribution is 2.20. The first-order valence-corrected chi connectivity index (χ1v) is 7.63. The van der Waals surface area contributed by atoms with Crippen molar-refractivity contribution in [2.45, 2.75) is 33.2 Å². The van der Waals surface area contributed by atoms with E-state index < -0.39 is 0 Å². The Bertz CT molecular complexity index is 694. The van der Waals surface area contributed by atoms with Gasteiger partial charge in [0.2, 0.25) is 0 Å². The highest BCUT2D eigenvalue weighted by Gasteiger charge is 2.05. The van der Waals surface area contributed by atoms with Gasteiger partial charge >= 0.3 is 0 Å². The third-order valence-electron chi connectivity index (χ3n) is 3.32. The van der Waals surface area contributed by atoms with Crippen molar-refractivity contribution in [3.05, 3.63) is 52.1 Å². The van der Waals surface area contributed by atoms with Crippen molar-refractivity contribution in [2.24, 2.45) is 0 Å². The number of nitrogens with zero attached hydrogens (tertiary/aromatic N) is 2. The summed E-state index contributed by atoms with van der Waals surface area (Å²) in [7, 11) is 0. The number of aromatic nitrogens is 2. The lowest BCUT2D eigenvalue weighted by Crippen LogP contribution is -1.98. The summed E-state index contributed by atoms with van der Waals surface area (Å²) in [6.45, 7) is 5.20. The highest BCUT2D eigenvalue weighted by molar-refractivity contribution is 7.09. The van der Waals surface area contributed by atoms with Gasteiger partial charge in [0, 0.05) is 17.1 Å². The molecule has 0 unspecified atom stereocenters. The fourth-order valence-corrected chi connectivity index (χ4v) is 3.25. The Morgan fingerprint density at radius 2 is 2.16 bits per heavy atom. The molecule has 2 heterocycles. The summed E-state index contributed by atoms with van der Waals surface area (Å²) in [6.07, 6.45) is 4.41. The minimum atomic E-state index is 0.868. The quantitative estimate of drug-likeness (QED) is 0.686. The maximum Gasteiger partial charge on any atom is 0.0928 e. The summed E-state index contributed by atoms with van der Waals surface area (Å²) < 4.78 is 2.28. The Hall–Kier alpha value is -1.61. The molecule has 2 aromatic heterocycles. The largest absolute Gasteiger partial charge is 0.341 e. The fraction of sp³-hybridized carbons (Fsp3) is 0.312. The summed E-state index contributed by atoms with van der Waals surface area (Å²) in [4.78, 5) is 4.70. The molecule has 0 spiro atoms. The van der Waals surface area contributed by atoms with Gasteiger partial charge in [-0.05, 0) is 42.8 Å². The summed E-state index contributed by atoms with van der Waals surface area (Å²) in [5, 5.41) is 4.74. The van der Waals surface area contributed by atoms with Crippen molar-refractivity contribution >= 4 is 22.2 Å². The van der Waals surface area contributed by atoms with E-state index in [1.807, 2.05) is 0 Å². The van der Waals surface area contributed by atoms with Crippen LogP contribution in [0.15, 0.2) is 35.8 Å². The van der Waals surface area contributed by atoms with E-state index in [0.29, 0.717) is 0 Å². The van der Waals surface area contributed by atoms with Gasteiger partial charge in [-0.25, -0.2) is 4.98 Å². The Balaban J connectivity index is 1.89. The van der Waals surface area contributed by atoms with Crippen LogP contribution in [0.2, 0.25) is 0 Å². The van der Waals surface area contributed by atoms with E-state index >= 15 is 0 Å².